The predicted molar refractivity (Wildman–Crippen MR) is 49.0 cm³/mol. The lowest BCUT2D eigenvalue weighted by atomic mass is 10.2. The Hall–Kier alpha value is -0.460. The summed E-state index contributed by atoms with van der Waals surface area (Å²) in [6.07, 6.45) is -1.08. The Morgan fingerprint density at radius 3 is 2.83 bits per heavy atom. The third kappa shape index (κ3) is 2.02. The monoisotopic (exact) mass is 251 g/mol. The summed E-state index contributed by atoms with van der Waals surface area (Å²) in [7, 11) is 0. The van der Waals surface area contributed by atoms with E-state index >= 15 is 0 Å². The zero-order valence-corrected chi connectivity index (χ0v) is 8.29. The summed E-state index contributed by atoms with van der Waals surface area (Å²) in [5, 5.41) is 23.0. The van der Waals surface area contributed by atoms with E-state index in [9.17, 15) is 15.2 Å². The van der Waals surface area contributed by atoms with Crippen molar-refractivity contribution < 1.29 is 10.0 Å². The van der Waals surface area contributed by atoms with Crippen molar-refractivity contribution in [3.05, 3.63) is 32.5 Å². The Balaban J connectivity index is 2.71. The lowest BCUT2D eigenvalue weighted by Crippen LogP contribution is -2.20. The van der Waals surface area contributed by atoms with Crippen molar-refractivity contribution in [1.29, 1.82) is 0 Å². The lowest BCUT2D eigenvalue weighted by molar-refractivity contribution is -0.505. The van der Waals surface area contributed by atoms with Gasteiger partial charge in [-0.2, -0.15) is 11.3 Å². The van der Waals surface area contributed by atoms with Crippen LogP contribution in [0.2, 0.25) is 0 Å². The van der Waals surface area contributed by atoms with Gasteiger partial charge in [-0.15, -0.1) is 0 Å². The van der Waals surface area contributed by atoms with Crippen LogP contribution in [0.5, 0.6) is 0 Å². The molecular weight excluding hydrogens is 246 g/mol. The minimum atomic E-state index is -1.13. The fourth-order valence-electron chi connectivity index (χ4n) is 0.717. The van der Waals surface area contributed by atoms with Gasteiger partial charge in [-0.05, 0) is 38.3 Å². The maximum atomic E-state index is 10.2. The van der Waals surface area contributed by atoms with Gasteiger partial charge >= 0.3 is 0 Å². The van der Waals surface area contributed by atoms with Crippen LogP contribution >= 0.6 is 27.3 Å². The number of nitro groups is 1. The maximum Gasteiger partial charge on any atom is 0.295 e. The number of alkyl halides is 1. The van der Waals surface area contributed by atoms with Gasteiger partial charge in [0.05, 0.1) is 0 Å². The second-order valence-electron chi connectivity index (χ2n) is 2.16. The number of nitrogens with zero attached hydrogens (tertiary/aromatic N) is 1. The van der Waals surface area contributed by atoms with Crippen molar-refractivity contribution in [3.8, 4) is 0 Å². The first-order valence-electron chi connectivity index (χ1n) is 3.10. The molecule has 0 bridgehead atoms. The number of hydrogen-bond acceptors (Lipinski definition) is 4. The molecule has 1 N–H and O–H groups in total. The summed E-state index contributed by atoms with van der Waals surface area (Å²) in [6.45, 7) is 0. The molecule has 12 heavy (non-hydrogen) atoms. The molecule has 0 fully saturated rings. The van der Waals surface area contributed by atoms with Crippen LogP contribution < -0.4 is 0 Å². The summed E-state index contributed by atoms with van der Waals surface area (Å²) in [6, 6.07) is 1.66. The number of aliphatic hydroxyl groups excluding tert-OH is 1. The van der Waals surface area contributed by atoms with Crippen LogP contribution in [0.15, 0.2) is 16.8 Å². The molecule has 0 aliphatic heterocycles. The zero-order valence-electron chi connectivity index (χ0n) is 5.88. The largest absolute Gasteiger partial charge is 0.380 e. The average molecular weight is 252 g/mol. The van der Waals surface area contributed by atoms with Crippen molar-refractivity contribution in [2.24, 2.45) is 0 Å². The average Bonchev–Trinajstić information content (AvgIpc) is 2.53. The van der Waals surface area contributed by atoms with Gasteiger partial charge in [-0.25, -0.2) is 0 Å². The van der Waals surface area contributed by atoms with E-state index in [-0.39, 0.29) is 0 Å². The Bertz CT molecular complexity index is 264. The molecule has 0 saturated carbocycles. The number of halogens is 1. The highest BCUT2D eigenvalue weighted by molar-refractivity contribution is 9.09. The normalized spacial score (nSPS) is 15.5. The van der Waals surface area contributed by atoms with Crippen LogP contribution in [0.4, 0.5) is 0 Å². The number of thiophene rings is 1. The Morgan fingerprint density at radius 2 is 2.42 bits per heavy atom. The highest BCUT2D eigenvalue weighted by Crippen LogP contribution is 2.24. The molecule has 0 amide bonds. The minimum Gasteiger partial charge on any atom is -0.380 e. The molecule has 2 atom stereocenters. The van der Waals surface area contributed by atoms with Crippen LogP contribution in [-0.4, -0.2) is 15.0 Å². The van der Waals surface area contributed by atoms with E-state index in [2.05, 4.69) is 15.9 Å². The van der Waals surface area contributed by atoms with Crippen LogP contribution in [0.3, 0.4) is 0 Å². The van der Waals surface area contributed by atoms with Crippen molar-refractivity contribution in [3.63, 3.8) is 0 Å². The van der Waals surface area contributed by atoms with Gasteiger partial charge in [0.25, 0.3) is 4.95 Å². The first-order valence-corrected chi connectivity index (χ1v) is 4.96. The van der Waals surface area contributed by atoms with E-state index in [0.29, 0.717) is 5.56 Å². The fraction of sp³-hybridized carbons (Fsp3) is 0.333. The van der Waals surface area contributed by atoms with Gasteiger partial charge in [0.1, 0.15) is 0 Å². The number of rotatable bonds is 3. The third-order valence-corrected chi connectivity index (χ3v) is 2.88. The van der Waals surface area contributed by atoms with Crippen molar-refractivity contribution in [2.45, 2.75) is 11.1 Å². The molecule has 0 aliphatic carbocycles. The smallest absolute Gasteiger partial charge is 0.295 e. The van der Waals surface area contributed by atoms with E-state index < -0.39 is 16.0 Å². The molecular formula is C6H6BrNO3S. The summed E-state index contributed by atoms with van der Waals surface area (Å²) in [5.74, 6) is 0. The Labute approximate surface area is 81.1 Å². The van der Waals surface area contributed by atoms with Crippen LogP contribution in [-0.2, 0) is 0 Å². The van der Waals surface area contributed by atoms with E-state index in [4.69, 9.17) is 0 Å². The molecule has 0 spiro atoms. The molecule has 1 aromatic heterocycles. The predicted octanol–water partition coefficient (Wildman–Crippen LogP) is 1.78. The molecule has 4 nitrogen and oxygen atoms in total. The second kappa shape index (κ2) is 3.97. The van der Waals surface area contributed by atoms with Gasteiger partial charge in [-0.3, -0.25) is 10.1 Å². The van der Waals surface area contributed by atoms with Crippen molar-refractivity contribution in [1.82, 2.24) is 0 Å². The van der Waals surface area contributed by atoms with E-state index in [1.807, 2.05) is 0 Å². The molecule has 1 aromatic rings. The van der Waals surface area contributed by atoms with Gasteiger partial charge < -0.3 is 5.11 Å². The molecule has 0 saturated heterocycles. The zero-order chi connectivity index (χ0) is 9.14. The number of hydrogen-bond donors (Lipinski definition) is 1. The van der Waals surface area contributed by atoms with E-state index in [1.54, 1.807) is 16.8 Å². The second-order valence-corrected chi connectivity index (χ2v) is 3.88. The van der Waals surface area contributed by atoms with Crippen LogP contribution in [0.1, 0.15) is 11.7 Å². The maximum absolute atomic E-state index is 10.2. The summed E-state index contributed by atoms with van der Waals surface area (Å²) in [5.41, 5.74) is 0.568. The topological polar surface area (TPSA) is 63.4 Å². The molecule has 1 heterocycles. The lowest BCUT2D eigenvalue weighted by Gasteiger charge is -2.08. The van der Waals surface area contributed by atoms with Crippen molar-refractivity contribution in [2.75, 3.05) is 0 Å². The first kappa shape index (κ1) is 9.63. The molecule has 6 heteroatoms. The van der Waals surface area contributed by atoms with Crippen LogP contribution in [0.25, 0.3) is 0 Å². The SMILES string of the molecule is O=[N+]([O-])[C@H](Br)[C@@H](O)c1ccsc1. The minimum absolute atomic E-state index is 0.567. The first-order chi connectivity index (χ1) is 5.63. The standard InChI is InChI=1S/C6H6BrNO3S/c7-6(8(10)11)5(9)4-1-2-12-3-4/h1-3,5-6,9H/t5-,6-/m0/s1. The van der Waals surface area contributed by atoms with E-state index in [0.717, 1.165) is 0 Å². The van der Waals surface area contributed by atoms with Gasteiger partial charge in [0, 0.05) is 4.92 Å². The molecule has 0 aliphatic rings. The molecule has 0 unspecified atom stereocenters. The van der Waals surface area contributed by atoms with Gasteiger partial charge in [0.15, 0.2) is 6.10 Å². The van der Waals surface area contributed by atoms with Gasteiger partial charge in [0.2, 0.25) is 0 Å². The summed E-state index contributed by atoms with van der Waals surface area (Å²) in [4.78, 5) is 8.54. The molecule has 66 valence electrons. The highest BCUT2D eigenvalue weighted by atomic mass is 79.9. The summed E-state index contributed by atoms with van der Waals surface area (Å²) < 4.78 is 0. The summed E-state index contributed by atoms with van der Waals surface area (Å²) >= 11 is 4.18. The fourth-order valence-corrected chi connectivity index (χ4v) is 1.71. The highest BCUT2D eigenvalue weighted by Gasteiger charge is 2.27. The Kier molecular flexibility index (Phi) is 3.19. The Morgan fingerprint density at radius 1 is 1.75 bits per heavy atom. The molecule has 0 radical (unpaired) electrons. The van der Waals surface area contributed by atoms with E-state index in [1.165, 1.54) is 11.3 Å². The number of aliphatic hydroxyl groups is 1. The van der Waals surface area contributed by atoms with Crippen molar-refractivity contribution >= 4 is 27.3 Å². The van der Waals surface area contributed by atoms with Gasteiger partial charge in [-0.1, -0.05) is 0 Å². The van der Waals surface area contributed by atoms with Crippen LogP contribution in [0, 0.1) is 10.1 Å². The molecule has 0 aromatic carbocycles. The molecule has 1 rings (SSSR count). The quantitative estimate of drug-likeness (QED) is 0.386. The third-order valence-electron chi connectivity index (χ3n) is 1.35.